The molecular weight excluding hydrogens is 276 g/mol. The zero-order chi connectivity index (χ0) is 16.0. The molecule has 0 aliphatic carbocycles. The van der Waals surface area contributed by atoms with Crippen LogP contribution in [-0.2, 0) is 9.22 Å². The Hall–Kier alpha value is -0.573. The molecule has 21 heavy (non-hydrogen) atoms. The van der Waals surface area contributed by atoms with Crippen molar-refractivity contribution in [2.75, 3.05) is 0 Å². The van der Waals surface area contributed by atoms with Gasteiger partial charge in [0.1, 0.15) is 0 Å². The first-order valence-corrected chi connectivity index (χ1v) is 12.2. The minimum atomic E-state index is -1.69. The molecule has 0 saturated carbocycles. The largest absolute Gasteiger partial charge is 0.520 e. The van der Waals surface area contributed by atoms with Crippen LogP contribution in [0.5, 0.6) is 0 Å². The molecule has 0 radical (unpaired) electrons. The van der Waals surface area contributed by atoms with Crippen LogP contribution in [-0.4, -0.2) is 14.3 Å². The van der Waals surface area contributed by atoms with E-state index in [1.54, 1.807) is 0 Å². The van der Waals surface area contributed by atoms with Gasteiger partial charge in [-0.25, -0.2) is 0 Å². The second kappa shape index (κ2) is 13.1. The van der Waals surface area contributed by atoms with Crippen LogP contribution in [0.1, 0.15) is 77.6 Å². The van der Waals surface area contributed by atoms with Crippen molar-refractivity contribution in [3.8, 4) is 0 Å². The van der Waals surface area contributed by atoms with E-state index in [0.717, 1.165) is 19.3 Å². The lowest BCUT2D eigenvalue weighted by Crippen LogP contribution is -2.28. The lowest BCUT2D eigenvalue weighted by Gasteiger charge is -2.16. The van der Waals surface area contributed by atoms with E-state index in [1.807, 2.05) is 0 Å². The molecular formula is C18H36O2Si. The summed E-state index contributed by atoms with van der Waals surface area (Å²) < 4.78 is 5.42. The molecule has 0 aromatic rings. The van der Waals surface area contributed by atoms with Crippen LogP contribution in [0, 0.1) is 0 Å². The Morgan fingerprint density at radius 3 is 1.95 bits per heavy atom. The summed E-state index contributed by atoms with van der Waals surface area (Å²) in [5.41, 5.74) is 0. The van der Waals surface area contributed by atoms with E-state index in [0.29, 0.717) is 6.42 Å². The fourth-order valence-electron chi connectivity index (χ4n) is 2.20. The number of rotatable bonds is 13. The first-order valence-electron chi connectivity index (χ1n) is 8.82. The summed E-state index contributed by atoms with van der Waals surface area (Å²) in [5, 5.41) is 0. The molecule has 0 saturated heterocycles. The molecule has 3 heteroatoms. The normalized spacial score (nSPS) is 12.0. The van der Waals surface area contributed by atoms with Gasteiger partial charge in [0.25, 0.3) is 5.97 Å². The minimum Gasteiger partial charge on any atom is -0.520 e. The summed E-state index contributed by atoms with van der Waals surface area (Å²) >= 11 is 0. The highest BCUT2D eigenvalue weighted by molar-refractivity contribution is 6.71. The van der Waals surface area contributed by atoms with Gasteiger partial charge in [-0.2, -0.15) is 0 Å². The van der Waals surface area contributed by atoms with Gasteiger partial charge in [-0.05, 0) is 51.7 Å². The number of hydrogen-bond acceptors (Lipinski definition) is 2. The van der Waals surface area contributed by atoms with Gasteiger partial charge in [-0.15, -0.1) is 0 Å². The molecule has 0 aliphatic rings. The number of carbonyl (C=O) groups excluding carboxylic acids is 1. The maximum atomic E-state index is 11.5. The summed E-state index contributed by atoms with van der Waals surface area (Å²) in [4.78, 5) is 11.5. The molecule has 0 rings (SSSR count). The van der Waals surface area contributed by atoms with Gasteiger partial charge in [0.05, 0.1) is 0 Å². The van der Waals surface area contributed by atoms with Crippen LogP contribution in [0.4, 0.5) is 0 Å². The number of hydrogen-bond donors (Lipinski definition) is 0. The fourth-order valence-corrected chi connectivity index (χ4v) is 2.99. The third kappa shape index (κ3) is 17.4. The van der Waals surface area contributed by atoms with Gasteiger partial charge in [0.2, 0.25) is 8.32 Å². The van der Waals surface area contributed by atoms with Crippen molar-refractivity contribution in [2.45, 2.75) is 97.2 Å². The average molecular weight is 313 g/mol. The lowest BCUT2D eigenvalue weighted by atomic mass is 10.1. The highest BCUT2D eigenvalue weighted by Crippen LogP contribution is 2.09. The maximum Gasteiger partial charge on any atom is 0.292 e. The van der Waals surface area contributed by atoms with Crippen LogP contribution in [0.2, 0.25) is 19.6 Å². The van der Waals surface area contributed by atoms with Crippen molar-refractivity contribution in [1.82, 2.24) is 0 Å². The second-order valence-electron chi connectivity index (χ2n) is 6.86. The van der Waals surface area contributed by atoms with Crippen molar-refractivity contribution in [3.63, 3.8) is 0 Å². The summed E-state index contributed by atoms with van der Waals surface area (Å²) in [6.07, 6.45) is 17.7. The molecule has 0 bridgehead atoms. The Labute approximate surface area is 133 Å². The molecule has 2 nitrogen and oxygen atoms in total. The third-order valence-corrected chi connectivity index (χ3v) is 4.15. The minimum absolute atomic E-state index is 0.00905. The first kappa shape index (κ1) is 20.4. The SMILES string of the molecule is CCCCCCCC/C=C/CCCCC(=O)O[Si](C)(C)C. The highest BCUT2D eigenvalue weighted by atomic mass is 28.4. The summed E-state index contributed by atoms with van der Waals surface area (Å²) in [6.45, 7) is 8.41. The van der Waals surface area contributed by atoms with E-state index in [4.69, 9.17) is 4.43 Å². The van der Waals surface area contributed by atoms with Crippen molar-refractivity contribution in [3.05, 3.63) is 12.2 Å². The van der Waals surface area contributed by atoms with E-state index >= 15 is 0 Å². The van der Waals surface area contributed by atoms with Gasteiger partial charge in [-0.1, -0.05) is 51.2 Å². The van der Waals surface area contributed by atoms with Gasteiger partial charge >= 0.3 is 0 Å². The highest BCUT2D eigenvalue weighted by Gasteiger charge is 2.19. The molecule has 0 unspecified atom stereocenters. The molecule has 0 amide bonds. The molecule has 0 N–H and O–H groups in total. The zero-order valence-corrected chi connectivity index (χ0v) is 15.7. The van der Waals surface area contributed by atoms with E-state index in [9.17, 15) is 4.79 Å². The maximum absolute atomic E-state index is 11.5. The van der Waals surface area contributed by atoms with E-state index in [1.165, 1.54) is 44.9 Å². The summed E-state index contributed by atoms with van der Waals surface area (Å²) in [7, 11) is -1.69. The zero-order valence-electron chi connectivity index (χ0n) is 14.7. The van der Waals surface area contributed by atoms with Crippen LogP contribution in [0.25, 0.3) is 0 Å². The summed E-state index contributed by atoms with van der Waals surface area (Å²) in [6, 6.07) is 0. The molecule has 0 aromatic carbocycles. The summed E-state index contributed by atoms with van der Waals surface area (Å²) in [5.74, 6) is -0.00905. The van der Waals surface area contributed by atoms with Crippen LogP contribution in [0.15, 0.2) is 12.2 Å². The van der Waals surface area contributed by atoms with Crippen molar-refractivity contribution in [2.24, 2.45) is 0 Å². The molecule has 0 heterocycles. The quantitative estimate of drug-likeness (QED) is 0.229. The van der Waals surface area contributed by atoms with E-state index in [2.05, 4.69) is 38.7 Å². The van der Waals surface area contributed by atoms with Crippen molar-refractivity contribution < 1.29 is 9.22 Å². The molecule has 0 atom stereocenters. The van der Waals surface area contributed by atoms with Crippen LogP contribution >= 0.6 is 0 Å². The van der Waals surface area contributed by atoms with Crippen molar-refractivity contribution >= 4 is 14.3 Å². The first-order chi connectivity index (χ1) is 9.95. The smallest absolute Gasteiger partial charge is 0.292 e. The molecule has 0 aromatic heterocycles. The fraction of sp³-hybridized carbons (Fsp3) is 0.833. The predicted octanol–water partition coefficient (Wildman–Crippen LogP) is 6.23. The average Bonchev–Trinajstić information content (AvgIpc) is 2.38. The Kier molecular flexibility index (Phi) is 12.8. The van der Waals surface area contributed by atoms with Gasteiger partial charge in [0.15, 0.2) is 0 Å². The van der Waals surface area contributed by atoms with Gasteiger partial charge in [0, 0.05) is 6.42 Å². The van der Waals surface area contributed by atoms with Crippen LogP contribution in [0.3, 0.4) is 0 Å². The third-order valence-electron chi connectivity index (χ3n) is 3.31. The Bertz CT molecular complexity index is 279. The number of carbonyl (C=O) groups is 1. The topological polar surface area (TPSA) is 26.3 Å². The number of unbranched alkanes of at least 4 members (excludes halogenated alkanes) is 8. The standard InChI is InChI=1S/C18H36O2Si/c1-5-6-7-8-9-10-11-12-13-14-15-16-17-18(19)20-21(2,3)4/h12-13H,5-11,14-17H2,1-4H3/b13-12+. The molecule has 124 valence electrons. The van der Waals surface area contributed by atoms with Gasteiger partial charge in [-0.3, -0.25) is 4.79 Å². The van der Waals surface area contributed by atoms with Crippen LogP contribution < -0.4 is 0 Å². The van der Waals surface area contributed by atoms with E-state index in [-0.39, 0.29) is 5.97 Å². The van der Waals surface area contributed by atoms with E-state index < -0.39 is 8.32 Å². The monoisotopic (exact) mass is 312 g/mol. The number of allylic oxidation sites excluding steroid dienone is 2. The predicted molar refractivity (Wildman–Crippen MR) is 95.0 cm³/mol. The molecule has 0 aliphatic heterocycles. The Morgan fingerprint density at radius 1 is 0.857 bits per heavy atom. The Balaban J connectivity index is 3.31. The Morgan fingerprint density at radius 2 is 1.38 bits per heavy atom. The molecule has 0 fully saturated rings. The van der Waals surface area contributed by atoms with Crippen molar-refractivity contribution in [1.29, 1.82) is 0 Å². The van der Waals surface area contributed by atoms with Gasteiger partial charge < -0.3 is 4.43 Å². The molecule has 0 spiro atoms. The lowest BCUT2D eigenvalue weighted by molar-refractivity contribution is -0.135. The second-order valence-corrected chi connectivity index (χ2v) is 11.3.